The van der Waals surface area contributed by atoms with E-state index in [9.17, 15) is 0 Å². The van der Waals surface area contributed by atoms with Gasteiger partial charge in [0, 0.05) is 44.0 Å². The van der Waals surface area contributed by atoms with Gasteiger partial charge in [0.25, 0.3) is 0 Å². The molecule has 0 radical (unpaired) electrons. The summed E-state index contributed by atoms with van der Waals surface area (Å²) >= 11 is 0. The summed E-state index contributed by atoms with van der Waals surface area (Å²) in [5.74, 6) is 0.763. The molecule has 1 aliphatic rings. The molecule has 5 heteroatoms. The molecule has 53 heavy (non-hydrogen) atoms. The fourth-order valence-electron chi connectivity index (χ4n) is 8.90. The van der Waals surface area contributed by atoms with E-state index < -0.39 is 8.07 Å². The molecule has 0 saturated carbocycles. The smallest absolute Gasteiger partial charge is 0.160 e. The number of nitrogens with zero attached hydrogens (tertiary/aromatic N) is 4. The van der Waals surface area contributed by atoms with Crippen molar-refractivity contribution < 1.29 is 0 Å². The van der Waals surface area contributed by atoms with Gasteiger partial charge >= 0.3 is 0 Å². The summed E-state index contributed by atoms with van der Waals surface area (Å²) in [6, 6.07) is 61.3. The van der Waals surface area contributed by atoms with Crippen molar-refractivity contribution in [1.29, 1.82) is 0 Å². The molecule has 10 aromatic rings. The van der Waals surface area contributed by atoms with Gasteiger partial charge in [0.05, 0.1) is 33.5 Å². The van der Waals surface area contributed by atoms with Crippen LogP contribution in [0.4, 0.5) is 0 Å². The van der Waals surface area contributed by atoms with Crippen LogP contribution >= 0.6 is 0 Å². The van der Waals surface area contributed by atoms with Crippen LogP contribution in [0.3, 0.4) is 0 Å². The minimum atomic E-state index is -2.12. The maximum Gasteiger partial charge on any atom is 0.160 e. The van der Waals surface area contributed by atoms with Crippen molar-refractivity contribution in [2.45, 2.75) is 13.1 Å². The number of benzene rings is 7. The van der Waals surface area contributed by atoms with Crippen molar-refractivity contribution in [2.24, 2.45) is 0 Å². The van der Waals surface area contributed by atoms with Crippen molar-refractivity contribution in [1.82, 2.24) is 19.1 Å². The second-order valence-electron chi connectivity index (χ2n) is 14.6. The molecule has 4 heterocycles. The van der Waals surface area contributed by atoms with Crippen LogP contribution in [0.1, 0.15) is 0 Å². The lowest BCUT2D eigenvalue weighted by Gasteiger charge is -2.22. The molecule has 0 aliphatic carbocycles. The second kappa shape index (κ2) is 11.2. The Morgan fingerprint density at radius 1 is 0.415 bits per heavy atom. The van der Waals surface area contributed by atoms with Crippen LogP contribution in [0, 0.1) is 0 Å². The third-order valence-electron chi connectivity index (χ3n) is 11.3. The highest BCUT2D eigenvalue weighted by atomic mass is 28.3. The van der Waals surface area contributed by atoms with Crippen molar-refractivity contribution in [2.75, 3.05) is 0 Å². The fourth-order valence-corrected chi connectivity index (χ4v) is 12.1. The largest absolute Gasteiger partial charge is 0.309 e. The Bertz CT molecular complexity index is 3080. The number of hydrogen-bond donors (Lipinski definition) is 0. The monoisotopic (exact) mass is 694 g/mol. The number of rotatable bonds is 4. The summed E-state index contributed by atoms with van der Waals surface area (Å²) in [7, 11) is -2.12. The van der Waals surface area contributed by atoms with E-state index in [0.717, 1.165) is 39.7 Å². The third kappa shape index (κ3) is 4.35. The van der Waals surface area contributed by atoms with Gasteiger partial charge in [-0.3, -0.25) is 0 Å². The highest BCUT2D eigenvalue weighted by Crippen LogP contribution is 2.40. The molecule has 0 saturated heterocycles. The first-order chi connectivity index (χ1) is 26.1. The lowest BCUT2D eigenvalue weighted by atomic mass is 10.1. The first-order valence-electron chi connectivity index (χ1n) is 18.3. The average Bonchev–Trinajstić information content (AvgIpc) is 3.80. The molecule has 0 spiro atoms. The van der Waals surface area contributed by atoms with Crippen molar-refractivity contribution in [3.63, 3.8) is 0 Å². The Labute approximate surface area is 308 Å². The van der Waals surface area contributed by atoms with Gasteiger partial charge in [-0.05, 0) is 64.5 Å². The molecule has 0 unspecified atom stereocenters. The maximum absolute atomic E-state index is 5.43. The van der Waals surface area contributed by atoms with Crippen LogP contribution in [0.15, 0.2) is 170 Å². The van der Waals surface area contributed by atoms with E-state index in [1.807, 2.05) is 6.07 Å². The van der Waals surface area contributed by atoms with Gasteiger partial charge in [0.2, 0.25) is 0 Å². The van der Waals surface area contributed by atoms with E-state index in [0.29, 0.717) is 0 Å². The Morgan fingerprint density at radius 3 is 1.68 bits per heavy atom. The van der Waals surface area contributed by atoms with Crippen LogP contribution in [-0.4, -0.2) is 27.2 Å². The Morgan fingerprint density at radius 2 is 0.962 bits per heavy atom. The fraction of sp³-hybridized carbons (Fsp3) is 0.0417. The molecule has 1 aliphatic heterocycles. The minimum Gasteiger partial charge on any atom is -0.309 e. The summed E-state index contributed by atoms with van der Waals surface area (Å²) in [5, 5.41) is 7.73. The Balaban J connectivity index is 1.19. The molecule has 3 aromatic heterocycles. The van der Waals surface area contributed by atoms with Gasteiger partial charge < -0.3 is 9.13 Å². The number of fused-ring (bicyclic) bond motifs is 9. The van der Waals surface area contributed by atoms with Crippen LogP contribution in [-0.2, 0) is 0 Å². The Hall–Kier alpha value is -6.56. The normalized spacial score (nSPS) is 13.2. The third-order valence-corrected chi connectivity index (χ3v) is 14.8. The molecule has 4 nitrogen and oxygen atoms in total. The highest BCUT2D eigenvalue weighted by molar-refractivity contribution is 7.04. The predicted octanol–water partition coefficient (Wildman–Crippen LogP) is 10.8. The number of aromatic nitrogens is 4. The summed E-state index contributed by atoms with van der Waals surface area (Å²) < 4.78 is 4.85. The molecule has 0 amide bonds. The second-order valence-corrected chi connectivity index (χ2v) is 18.9. The summed E-state index contributed by atoms with van der Waals surface area (Å²) in [4.78, 5) is 10.7. The lowest BCUT2D eigenvalue weighted by molar-refractivity contribution is 1.16. The van der Waals surface area contributed by atoms with E-state index in [1.54, 1.807) is 0 Å². The van der Waals surface area contributed by atoms with E-state index >= 15 is 0 Å². The first-order valence-corrected chi connectivity index (χ1v) is 21.3. The van der Waals surface area contributed by atoms with Gasteiger partial charge in [-0.15, -0.1) is 0 Å². The standard InChI is InChI=1S/C48H34N4Si/c1-53(2)44-27-14-11-24-37(44)46-47(53)45(49-48(50-46)31-16-5-3-6-17-31)32-18-15-21-34(28-32)52-41-26-13-10-23-36(41)39-29-38-35-22-9-12-25-40(35)51(42(38)30-43(39)52)33-19-7-4-8-20-33/h3-30H,1-2H3. The molecule has 0 N–H and O–H groups in total. The SMILES string of the molecule is C[Si]1(C)c2ccccc2-c2nc(-c3ccccc3)nc(-c3cccc(-n4c5ccccc5c5cc6c7ccccc7n(-c7ccccc7)c6cc54)c3)c21. The van der Waals surface area contributed by atoms with Crippen LogP contribution < -0.4 is 10.4 Å². The zero-order chi connectivity index (χ0) is 35.3. The molecule has 0 atom stereocenters. The van der Waals surface area contributed by atoms with Crippen LogP contribution in [0.5, 0.6) is 0 Å². The molecule has 0 fully saturated rings. The molecule has 0 bridgehead atoms. The van der Waals surface area contributed by atoms with Gasteiger partial charge in [0.15, 0.2) is 5.82 Å². The number of para-hydroxylation sites is 3. The summed E-state index contributed by atoms with van der Waals surface area (Å²) in [6.45, 7) is 4.89. The number of hydrogen-bond acceptors (Lipinski definition) is 2. The maximum atomic E-state index is 5.43. The molecule has 250 valence electrons. The molecular formula is C48H34N4Si. The lowest BCUT2D eigenvalue weighted by Crippen LogP contribution is -2.50. The average molecular weight is 695 g/mol. The van der Waals surface area contributed by atoms with E-state index in [2.05, 4.69) is 186 Å². The Kier molecular flexibility index (Phi) is 6.37. The molecule has 11 rings (SSSR count). The highest BCUT2D eigenvalue weighted by Gasteiger charge is 2.41. The summed E-state index contributed by atoms with van der Waals surface area (Å²) in [6.07, 6.45) is 0. The van der Waals surface area contributed by atoms with E-state index in [1.165, 1.54) is 59.5 Å². The first kappa shape index (κ1) is 30.1. The van der Waals surface area contributed by atoms with E-state index in [4.69, 9.17) is 9.97 Å². The predicted molar refractivity (Wildman–Crippen MR) is 224 cm³/mol. The van der Waals surface area contributed by atoms with Gasteiger partial charge in [-0.2, -0.15) is 0 Å². The van der Waals surface area contributed by atoms with Crippen molar-refractivity contribution in [3.8, 4) is 45.3 Å². The van der Waals surface area contributed by atoms with Crippen molar-refractivity contribution in [3.05, 3.63) is 170 Å². The van der Waals surface area contributed by atoms with Crippen molar-refractivity contribution >= 4 is 62.1 Å². The van der Waals surface area contributed by atoms with Gasteiger partial charge in [-0.1, -0.05) is 134 Å². The topological polar surface area (TPSA) is 35.6 Å². The van der Waals surface area contributed by atoms with Crippen LogP contribution in [0.25, 0.3) is 88.9 Å². The zero-order valence-corrected chi connectivity index (χ0v) is 30.5. The summed E-state index contributed by atoms with van der Waals surface area (Å²) in [5.41, 5.74) is 12.5. The van der Waals surface area contributed by atoms with Gasteiger partial charge in [-0.25, -0.2) is 9.97 Å². The minimum absolute atomic E-state index is 0.763. The molecule has 7 aromatic carbocycles. The van der Waals surface area contributed by atoms with E-state index in [-0.39, 0.29) is 0 Å². The quantitative estimate of drug-likeness (QED) is 0.172. The zero-order valence-electron chi connectivity index (χ0n) is 29.5. The van der Waals surface area contributed by atoms with Crippen LogP contribution in [0.2, 0.25) is 13.1 Å². The molecular weight excluding hydrogens is 661 g/mol. The van der Waals surface area contributed by atoms with Gasteiger partial charge in [0.1, 0.15) is 8.07 Å².